The third kappa shape index (κ3) is 4.64. The number of aryl methyl sites for hydroxylation is 2. The number of benzene rings is 2. The van der Waals surface area contributed by atoms with E-state index in [1.807, 2.05) is 31.2 Å². The lowest BCUT2D eigenvalue weighted by Gasteiger charge is -2.06. The van der Waals surface area contributed by atoms with E-state index >= 15 is 0 Å². The largest absolute Gasteiger partial charge is 0.477 e. The maximum Gasteiger partial charge on any atom is 0.311 e. The highest BCUT2D eigenvalue weighted by Gasteiger charge is 2.16. The van der Waals surface area contributed by atoms with Crippen molar-refractivity contribution in [2.24, 2.45) is 5.10 Å². The predicted octanol–water partition coefficient (Wildman–Crippen LogP) is 2.74. The van der Waals surface area contributed by atoms with Crippen LogP contribution in [-0.2, 0) is 4.79 Å². The zero-order valence-electron chi connectivity index (χ0n) is 13.4. The fourth-order valence-corrected chi connectivity index (χ4v) is 1.97. The summed E-state index contributed by atoms with van der Waals surface area (Å²) < 4.78 is 5.21. The van der Waals surface area contributed by atoms with Gasteiger partial charge in [0.2, 0.25) is 0 Å². The zero-order chi connectivity index (χ0) is 17.5. The third-order valence-corrected chi connectivity index (χ3v) is 3.25. The Bertz CT molecular complexity index is 787. The Morgan fingerprint density at radius 2 is 2.04 bits per heavy atom. The Hall–Kier alpha value is -3.22. The van der Waals surface area contributed by atoms with Gasteiger partial charge in [-0.25, -0.2) is 5.43 Å². The predicted molar refractivity (Wildman–Crippen MR) is 90.2 cm³/mol. The number of carbonyl (C=O) groups excluding carboxylic acids is 1. The maximum atomic E-state index is 11.7. The summed E-state index contributed by atoms with van der Waals surface area (Å²) >= 11 is 0. The van der Waals surface area contributed by atoms with Gasteiger partial charge in [-0.15, -0.1) is 0 Å². The molecule has 7 nitrogen and oxygen atoms in total. The van der Waals surface area contributed by atoms with Gasteiger partial charge in [-0.3, -0.25) is 14.9 Å². The van der Waals surface area contributed by atoms with Gasteiger partial charge in [0.1, 0.15) is 0 Å². The van der Waals surface area contributed by atoms with Crippen molar-refractivity contribution in [3.8, 4) is 5.75 Å². The van der Waals surface area contributed by atoms with Crippen molar-refractivity contribution in [2.75, 3.05) is 6.61 Å². The Kier molecular flexibility index (Phi) is 5.62. The van der Waals surface area contributed by atoms with Crippen molar-refractivity contribution < 1.29 is 14.5 Å². The van der Waals surface area contributed by atoms with Crippen molar-refractivity contribution >= 4 is 17.8 Å². The molecule has 7 heteroatoms. The average Bonchev–Trinajstić information content (AvgIpc) is 2.55. The standard InChI is InChI=1S/C17H17N3O4/c1-12-7-8-16(15(9-12)20(22)23)24-11-17(21)19-18-10-14-6-4-3-5-13(14)2/h3-10H,11H2,1-2H3,(H,19,21). The number of amides is 1. The van der Waals surface area contributed by atoms with Crippen LogP contribution in [0.15, 0.2) is 47.6 Å². The SMILES string of the molecule is Cc1ccc(OCC(=O)NN=Cc2ccccc2C)c([N+](=O)[O-])c1. The first kappa shape index (κ1) is 17.1. The second-order valence-corrected chi connectivity index (χ2v) is 5.17. The van der Waals surface area contributed by atoms with Gasteiger partial charge in [0.15, 0.2) is 12.4 Å². The summed E-state index contributed by atoms with van der Waals surface area (Å²) in [6.07, 6.45) is 1.53. The summed E-state index contributed by atoms with van der Waals surface area (Å²) in [5.41, 5.74) is 4.80. The van der Waals surface area contributed by atoms with Crippen LogP contribution in [0, 0.1) is 24.0 Å². The summed E-state index contributed by atoms with van der Waals surface area (Å²) in [5, 5.41) is 14.8. The molecular weight excluding hydrogens is 310 g/mol. The number of nitro benzene ring substituents is 1. The van der Waals surface area contributed by atoms with E-state index in [2.05, 4.69) is 10.5 Å². The van der Waals surface area contributed by atoms with Crippen LogP contribution in [0.1, 0.15) is 16.7 Å². The highest BCUT2D eigenvalue weighted by molar-refractivity contribution is 5.84. The Morgan fingerprint density at radius 3 is 2.75 bits per heavy atom. The molecule has 0 aliphatic carbocycles. The molecule has 24 heavy (non-hydrogen) atoms. The van der Waals surface area contributed by atoms with Crippen LogP contribution in [0.2, 0.25) is 0 Å². The first-order valence-corrected chi connectivity index (χ1v) is 7.23. The highest BCUT2D eigenvalue weighted by atomic mass is 16.6. The normalized spacial score (nSPS) is 10.6. The van der Waals surface area contributed by atoms with Gasteiger partial charge in [-0.05, 0) is 36.6 Å². The number of ether oxygens (including phenoxy) is 1. The topological polar surface area (TPSA) is 93.8 Å². The highest BCUT2D eigenvalue weighted by Crippen LogP contribution is 2.27. The summed E-state index contributed by atoms with van der Waals surface area (Å²) in [7, 11) is 0. The molecule has 1 N–H and O–H groups in total. The first-order valence-electron chi connectivity index (χ1n) is 7.23. The summed E-state index contributed by atoms with van der Waals surface area (Å²) in [5.74, 6) is -0.460. The van der Waals surface area contributed by atoms with E-state index in [1.54, 1.807) is 13.0 Å². The van der Waals surface area contributed by atoms with Crippen LogP contribution in [0.5, 0.6) is 5.75 Å². The molecule has 0 radical (unpaired) electrons. The molecule has 0 saturated heterocycles. The smallest absolute Gasteiger partial charge is 0.311 e. The molecule has 0 unspecified atom stereocenters. The Labute approximate surface area is 139 Å². The van der Waals surface area contributed by atoms with Gasteiger partial charge in [0.25, 0.3) is 5.91 Å². The number of nitrogens with one attached hydrogen (secondary N) is 1. The van der Waals surface area contributed by atoms with Gasteiger partial charge in [0.05, 0.1) is 11.1 Å². The molecule has 0 fully saturated rings. The van der Waals surface area contributed by atoms with Crippen LogP contribution < -0.4 is 10.2 Å². The van der Waals surface area contributed by atoms with E-state index < -0.39 is 10.8 Å². The van der Waals surface area contributed by atoms with Crippen LogP contribution in [-0.4, -0.2) is 23.7 Å². The van der Waals surface area contributed by atoms with E-state index in [1.165, 1.54) is 18.3 Å². The average molecular weight is 327 g/mol. The van der Waals surface area contributed by atoms with E-state index in [-0.39, 0.29) is 18.0 Å². The Morgan fingerprint density at radius 1 is 1.29 bits per heavy atom. The van der Waals surface area contributed by atoms with Crippen LogP contribution in [0.3, 0.4) is 0 Å². The van der Waals surface area contributed by atoms with Crippen molar-refractivity contribution in [3.05, 3.63) is 69.3 Å². The van der Waals surface area contributed by atoms with Crippen molar-refractivity contribution in [1.29, 1.82) is 0 Å². The molecule has 0 bridgehead atoms. The lowest BCUT2D eigenvalue weighted by Crippen LogP contribution is -2.24. The number of rotatable bonds is 6. The van der Waals surface area contributed by atoms with Gasteiger partial charge >= 0.3 is 5.69 Å². The number of hydrazone groups is 1. The van der Waals surface area contributed by atoms with Crippen molar-refractivity contribution in [1.82, 2.24) is 5.43 Å². The fourth-order valence-electron chi connectivity index (χ4n) is 1.97. The molecule has 2 aromatic carbocycles. The number of nitro groups is 1. The second-order valence-electron chi connectivity index (χ2n) is 5.17. The molecule has 0 atom stereocenters. The molecule has 0 aliphatic rings. The van der Waals surface area contributed by atoms with Crippen molar-refractivity contribution in [3.63, 3.8) is 0 Å². The molecule has 1 amide bonds. The van der Waals surface area contributed by atoms with E-state index in [4.69, 9.17) is 4.74 Å². The molecule has 0 aliphatic heterocycles. The molecule has 2 aromatic rings. The first-order chi connectivity index (χ1) is 11.5. The lowest BCUT2D eigenvalue weighted by atomic mass is 10.1. The minimum Gasteiger partial charge on any atom is -0.477 e. The van der Waals surface area contributed by atoms with Crippen LogP contribution in [0.25, 0.3) is 0 Å². The summed E-state index contributed by atoms with van der Waals surface area (Å²) in [6, 6.07) is 12.1. The lowest BCUT2D eigenvalue weighted by molar-refractivity contribution is -0.385. The van der Waals surface area contributed by atoms with E-state index in [0.29, 0.717) is 0 Å². The molecule has 0 spiro atoms. The van der Waals surface area contributed by atoms with Crippen LogP contribution in [0.4, 0.5) is 5.69 Å². The van der Waals surface area contributed by atoms with Crippen molar-refractivity contribution in [2.45, 2.75) is 13.8 Å². The monoisotopic (exact) mass is 327 g/mol. The molecule has 0 saturated carbocycles. The molecule has 124 valence electrons. The van der Waals surface area contributed by atoms with E-state index in [0.717, 1.165) is 16.7 Å². The molecule has 0 heterocycles. The number of nitrogens with zero attached hydrogens (tertiary/aromatic N) is 2. The Balaban J connectivity index is 1.92. The van der Waals surface area contributed by atoms with Gasteiger partial charge in [-0.2, -0.15) is 5.10 Å². The number of carbonyl (C=O) groups is 1. The molecular formula is C17H17N3O4. The number of hydrogen-bond acceptors (Lipinski definition) is 5. The maximum absolute atomic E-state index is 11.7. The van der Waals surface area contributed by atoms with Gasteiger partial charge in [0, 0.05) is 6.07 Å². The fraction of sp³-hybridized carbons (Fsp3) is 0.176. The quantitative estimate of drug-likeness (QED) is 0.501. The van der Waals surface area contributed by atoms with Gasteiger partial charge in [-0.1, -0.05) is 30.3 Å². The minimum absolute atomic E-state index is 0.0450. The minimum atomic E-state index is -0.545. The van der Waals surface area contributed by atoms with Gasteiger partial charge < -0.3 is 4.74 Å². The number of hydrogen-bond donors (Lipinski definition) is 1. The second kappa shape index (κ2) is 7.87. The zero-order valence-corrected chi connectivity index (χ0v) is 13.4. The van der Waals surface area contributed by atoms with E-state index in [9.17, 15) is 14.9 Å². The third-order valence-electron chi connectivity index (χ3n) is 3.25. The summed E-state index contributed by atoms with van der Waals surface area (Å²) in [4.78, 5) is 22.2. The van der Waals surface area contributed by atoms with Crippen LogP contribution >= 0.6 is 0 Å². The molecule has 2 rings (SSSR count). The summed E-state index contributed by atoms with van der Waals surface area (Å²) in [6.45, 7) is 3.31. The molecule has 0 aromatic heterocycles.